The number of hydrogen-bond donors (Lipinski definition) is 2. The summed E-state index contributed by atoms with van der Waals surface area (Å²) in [6.45, 7) is 0.466. The maximum Gasteiger partial charge on any atom is 0.145 e. The van der Waals surface area contributed by atoms with Crippen molar-refractivity contribution in [1.29, 1.82) is 0 Å². The van der Waals surface area contributed by atoms with Crippen molar-refractivity contribution in [2.45, 2.75) is 18.8 Å². The van der Waals surface area contributed by atoms with E-state index in [1.165, 1.54) is 0 Å². The summed E-state index contributed by atoms with van der Waals surface area (Å²) in [6, 6.07) is 19.0. The van der Waals surface area contributed by atoms with Crippen LogP contribution in [-0.4, -0.2) is 35.6 Å². The van der Waals surface area contributed by atoms with E-state index in [1.807, 2.05) is 60.7 Å². The van der Waals surface area contributed by atoms with Crippen LogP contribution in [0.5, 0.6) is 5.75 Å². The van der Waals surface area contributed by atoms with Gasteiger partial charge in [-0.25, -0.2) is 0 Å². The lowest BCUT2D eigenvalue weighted by atomic mass is 10.2. The first-order chi connectivity index (χ1) is 11.3. The molecule has 2 rings (SSSR count). The molecule has 0 aromatic heterocycles. The van der Waals surface area contributed by atoms with Gasteiger partial charge in [0.2, 0.25) is 0 Å². The van der Waals surface area contributed by atoms with Crippen LogP contribution >= 0.6 is 0 Å². The lowest BCUT2D eigenvalue weighted by molar-refractivity contribution is -0.0169. The van der Waals surface area contributed by atoms with E-state index in [4.69, 9.17) is 14.6 Å². The van der Waals surface area contributed by atoms with Crippen LogP contribution < -0.4 is 4.74 Å². The number of aliphatic hydroxyl groups excluding tert-OH is 2. The third-order valence-electron chi connectivity index (χ3n) is 3.23. The molecule has 2 aromatic rings. The van der Waals surface area contributed by atoms with E-state index in [-0.39, 0.29) is 13.2 Å². The summed E-state index contributed by atoms with van der Waals surface area (Å²) in [5.74, 6) is 0.655. The van der Waals surface area contributed by atoms with Crippen molar-refractivity contribution in [3.05, 3.63) is 78.4 Å². The first-order valence-corrected chi connectivity index (χ1v) is 7.58. The predicted octanol–water partition coefficient (Wildman–Crippen LogP) is 2.56. The molecule has 4 heteroatoms. The van der Waals surface area contributed by atoms with Crippen LogP contribution in [0.25, 0.3) is 0 Å². The van der Waals surface area contributed by atoms with Crippen LogP contribution in [-0.2, 0) is 11.3 Å². The average molecular weight is 314 g/mol. The van der Waals surface area contributed by atoms with Gasteiger partial charge in [-0.2, -0.15) is 0 Å². The smallest absolute Gasteiger partial charge is 0.145 e. The minimum absolute atomic E-state index is 0.105. The highest BCUT2D eigenvalue weighted by atomic mass is 16.5. The Hall–Kier alpha value is -2.14. The van der Waals surface area contributed by atoms with Crippen molar-refractivity contribution in [1.82, 2.24) is 0 Å². The van der Waals surface area contributed by atoms with Gasteiger partial charge in [-0.1, -0.05) is 54.6 Å². The second kappa shape index (κ2) is 9.79. The summed E-state index contributed by atoms with van der Waals surface area (Å²) in [7, 11) is 0. The predicted molar refractivity (Wildman–Crippen MR) is 89.2 cm³/mol. The molecule has 0 aliphatic carbocycles. The second-order valence-corrected chi connectivity index (χ2v) is 5.07. The molecule has 0 saturated heterocycles. The lowest BCUT2D eigenvalue weighted by Crippen LogP contribution is -2.34. The van der Waals surface area contributed by atoms with E-state index in [0.29, 0.717) is 12.4 Å². The molecular formula is C19H22O4. The number of para-hydroxylation sites is 1. The van der Waals surface area contributed by atoms with E-state index >= 15 is 0 Å². The summed E-state index contributed by atoms with van der Waals surface area (Å²) < 4.78 is 11.3. The quantitative estimate of drug-likeness (QED) is 0.698. The van der Waals surface area contributed by atoms with Gasteiger partial charge in [-0.15, -0.1) is 0 Å². The van der Waals surface area contributed by atoms with Crippen LogP contribution in [0.15, 0.2) is 72.8 Å². The summed E-state index contributed by atoms with van der Waals surface area (Å²) in [6.07, 6.45) is 1.78. The highest BCUT2D eigenvalue weighted by Gasteiger charge is 2.18. The molecule has 0 amide bonds. The first kappa shape index (κ1) is 17.2. The minimum Gasteiger partial charge on any atom is -0.484 e. The van der Waals surface area contributed by atoms with Crippen molar-refractivity contribution in [2.24, 2.45) is 0 Å². The highest BCUT2D eigenvalue weighted by molar-refractivity contribution is 5.22. The van der Waals surface area contributed by atoms with Crippen molar-refractivity contribution in [3.63, 3.8) is 0 Å². The molecule has 0 aliphatic heterocycles. The SMILES string of the molecule is OC/C=C/[C@H](Oc1ccccc1)[C@@H](O)COCc1ccccc1. The van der Waals surface area contributed by atoms with Crippen molar-refractivity contribution in [2.75, 3.05) is 13.2 Å². The molecular weight excluding hydrogens is 292 g/mol. The average Bonchev–Trinajstić information content (AvgIpc) is 2.60. The van der Waals surface area contributed by atoms with Gasteiger partial charge >= 0.3 is 0 Å². The van der Waals surface area contributed by atoms with Crippen LogP contribution in [0.1, 0.15) is 5.56 Å². The molecule has 0 saturated carbocycles. The van der Waals surface area contributed by atoms with E-state index < -0.39 is 12.2 Å². The Bertz CT molecular complexity index is 568. The molecule has 0 heterocycles. The van der Waals surface area contributed by atoms with Crippen LogP contribution in [0, 0.1) is 0 Å². The van der Waals surface area contributed by atoms with E-state index in [0.717, 1.165) is 5.56 Å². The summed E-state index contributed by atoms with van der Waals surface area (Å²) in [5, 5.41) is 19.2. The Labute approximate surface area is 136 Å². The molecule has 2 N–H and O–H groups in total. The lowest BCUT2D eigenvalue weighted by Gasteiger charge is -2.21. The fraction of sp³-hybridized carbons (Fsp3) is 0.263. The number of hydrogen-bond acceptors (Lipinski definition) is 4. The number of ether oxygens (including phenoxy) is 2. The summed E-state index contributed by atoms with van der Waals surface area (Å²) in [5.41, 5.74) is 1.05. The minimum atomic E-state index is -0.832. The van der Waals surface area contributed by atoms with Gasteiger partial charge < -0.3 is 19.7 Å². The zero-order valence-electron chi connectivity index (χ0n) is 12.9. The second-order valence-electron chi connectivity index (χ2n) is 5.07. The topological polar surface area (TPSA) is 58.9 Å². The number of aliphatic hydroxyl groups is 2. The summed E-state index contributed by atoms with van der Waals surface area (Å²) in [4.78, 5) is 0. The van der Waals surface area contributed by atoms with Gasteiger partial charge in [-0.05, 0) is 23.8 Å². The standard InChI is InChI=1S/C19H22O4/c20-13-7-12-19(23-17-10-5-2-6-11-17)18(21)15-22-14-16-8-3-1-4-9-16/h1-12,18-21H,13-15H2/b12-7+/t18-,19-/m0/s1. The van der Waals surface area contributed by atoms with Gasteiger partial charge in [0.15, 0.2) is 0 Å². The van der Waals surface area contributed by atoms with Gasteiger partial charge in [0.25, 0.3) is 0 Å². The van der Waals surface area contributed by atoms with Gasteiger partial charge in [0.05, 0.1) is 19.8 Å². The third-order valence-corrected chi connectivity index (χ3v) is 3.23. The molecule has 2 atom stereocenters. The Balaban J connectivity index is 1.88. The molecule has 4 nitrogen and oxygen atoms in total. The molecule has 122 valence electrons. The van der Waals surface area contributed by atoms with Crippen molar-refractivity contribution in [3.8, 4) is 5.75 Å². The highest BCUT2D eigenvalue weighted by Crippen LogP contribution is 2.14. The first-order valence-electron chi connectivity index (χ1n) is 7.58. The van der Waals surface area contributed by atoms with Crippen LogP contribution in [0.2, 0.25) is 0 Å². The molecule has 0 radical (unpaired) electrons. The largest absolute Gasteiger partial charge is 0.484 e. The fourth-order valence-electron chi connectivity index (χ4n) is 2.06. The van der Waals surface area contributed by atoms with E-state index in [1.54, 1.807) is 12.2 Å². The fourth-order valence-corrected chi connectivity index (χ4v) is 2.06. The molecule has 0 spiro atoms. The van der Waals surface area contributed by atoms with Gasteiger partial charge in [-0.3, -0.25) is 0 Å². The van der Waals surface area contributed by atoms with Crippen molar-refractivity contribution >= 4 is 0 Å². The Morgan fingerprint density at radius 3 is 2.26 bits per heavy atom. The zero-order valence-corrected chi connectivity index (χ0v) is 12.9. The molecule has 2 aromatic carbocycles. The molecule has 0 unspecified atom stereocenters. The van der Waals surface area contributed by atoms with Gasteiger partial charge in [0, 0.05) is 0 Å². The number of benzene rings is 2. The van der Waals surface area contributed by atoms with E-state index in [9.17, 15) is 5.11 Å². The monoisotopic (exact) mass is 314 g/mol. The van der Waals surface area contributed by atoms with Crippen LogP contribution in [0.3, 0.4) is 0 Å². The maximum atomic E-state index is 10.3. The van der Waals surface area contributed by atoms with Crippen LogP contribution in [0.4, 0.5) is 0 Å². The molecule has 23 heavy (non-hydrogen) atoms. The molecule has 0 aliphatic rings. The zero-order chi connectivity index (χ0) is 16.3. The Morgan fingerprint density at radius 2 is 1.61 bits per heavy atom. The Morgan fingerprint density at radius 1 is 0.957 bits per heavy atom. The molecule has 0 fully saturated rings. The Kier molecular flexibility index (Phi) is 7.33. The van der Waals surface area contributed by atoms with Gasteiger partial charge in [0.1, 0.15) is 18.0 Å². The van der Waals surface area contributed by atoms with Crippen molar-refractivity contribution < 1.29 is 19.7 Å². The number of rotatable bonds is 9. The third kappa shape index (κ3) is 6.24. The van der Waals surface area contributed by atoms with E-state index in [2.05, 4.69) is 0 Å². The molecule has 0 bridgehead atoms. The summed E-state index contributed by atoms with van der Waals surface area (Å²) >= 11 is 0. The maximum absolute atomic E-state index is 10.3. The normalized spacial score (nSPS) is 13.8.